The van der Waals surface area contributed by atoms with Crippen LogP contribution in [0.4, 0.5) is 5.69 Å². The summed E-state index contributed by atoms with van der Waals surface area (Å²) in [6.45, 7) is 2.86. The third-order valence-corrected chi connectivity index (χ3v) is 4.35. The highest BCUT2D eigenvalue weighted by molar-refractivity contribution is 6.31. The lowest BCUT2D eigenvalue weighted by molar-refractivity contribution is 0.0594. The Morgan fingerprint density at radius 1 is 1.31 bits per heavy atom. The number of halogens is 1. The fourth-order valence-corrected chi connectivity index (χ4v) is 2.92. The van der Waals surface area contributed by atoms with Crippen LogP contribution in [0.25, 0.3) is 11.2 Å². The smallest absolute Gasteiger partial charge is 0.356 e. The van der Waals surface area contributed by atoms with Crippen LogP contribution in [0.1, 0.15) is 21.9 Å². The van der Waals surface area contributed by atoms with Gasteiger partial charge in [0.05, 0.1) is 20.3 Å². The molecule has 1 aromatic carbocycles. The summed E-state index contributed by atoms with van der Waals surface area (Å²) in [6, 6.07) is 8.98. The van der Waals surface area contributed by atoms with Crippen LogP contribution >= 0.6 is 11.6 Å². The van der Waals surface area contributed by atoms with E-state index in [0.717, 1.165) is 17.1 Å². The number of nitrogens with one attached hydrogen (secondary N) is 1. The van der Waals surface area contributed by atoms with Gasteiger partial charge in [-0.3, -0.25) is 0 Å². The molecular weight excluding hydrogens is 356 g/mol. The van der Waals surface area contributed by atoms with Crippen LogP contribution in [0.3, 0.4) is 0 Å². The highest BCUT2D eigenvalue weighted by Gasteiger charge is 2.15. The van der Waals surface area contributed by atoms with Crippen LogP contribution in [-0.2, 0) is 11.3 Å². The van der Waals surface area contributed by atoms with Gasteiger partial charge in [0.25, 0.3) is 0 Å². The maximum Gasteiger partial charge on any atom is 0.356 e. The molecule has 0 aliphatic rings. The van der Waals surface area contributed by atoms with E-state index in [1.807, 2.05) is 29.7 Å². The van der Waals surface area contributed by atoms with E-state index >= 15 is 0 Å². The first-order valence-corrected chi connectivity index (χ1v) is 8.46. The maximum absolute atomic E-state index is 11.8. The summed E-state index contributed by atoms with van der Waals surface area (Å²) in [6.07, 6.45) is 0. The minimum atomic E-state index is -0.491. The van der Waals surface area contributed by atoms with Crippen molar-refractivity contribution in [2.75, 3.05) is 25.6 Å². The molecule has 0 atom stereocenters. The Kier molecular flexibility index (Phi) is 5.39. The number of methoxy groups -OCH3 is 1. The summed E-state index contributed by atoms with van der Waals surface area (Å²) in [5, 5.41) is 12.6. The van der Waals surface area contributed by atoms with Crippen molar-refractivity contribution in [2.24, 2.45) is 0 Å². The molecule has 0 radical (unpaired) electrons. The maximum atomic E-state index is 11.8. The summed E-state index contributed by atoms with van der Waals surface area (Å²) in [4.78, 5) is 20.6. The molecule has 3 aromatic rings. The topological polar surface area (TPSA) is 89.3 Å². The van der Waals surface area contributed by atoms with E-state index in [1.54, 1.807) is 12.1 Å². The third kappa shape index (κ3) is 3.63. The van der Waals surface area contributed by atoms with Crippen LogP contribution < -0.4 is 5.32 Å². The number of aromatic nitrogens is 3. The van der Waals surface area contributed by atoms with Crippen LogP contribution in [0.15, 0.2) is 30.3 Å². The Labute approximate surface area is 155 Å². The molecule has 0 bridgehead atoms. The Morgan fingerprint density at radius 3 is 2.81 bits per heavy atom. The number of hydrogen-bond acceptors (Lipinski definition) is 6. The zero-order chi connectivity index (χ0) is 18.7. The number of esters is 1. The number of aliphatic hydroxyl groups is 1. The molecule has 2 aromatic heterocycles. The number of nitrogens with zero attached hydrogens (tertiary/aromatic N) is 3. The molecule has 0 spiro atoms. The largest absolute Gasteiger partial charge is 0.464 e. The molecule has 26 heavy (non-hydrogen) atoms. The van der Waals surface area contributed by atoms with E-state index < -0.39 is 5.97 Å². The van der Waals surface area contributed by atoms with Gasteiger partial charge in [-0.25, -0.2) is 14.8 Å². The first-order valence-electron chi connectivity index (χ1n) is 8.09. The molecule has 0 aliphatic heterocycles. The van der Waals surface area contributed by atoms with Gasteiger partial charge >= 0.3 is 5.97 Å². The second-order valence-electron chi connectivity index (χ2n) is 5.73. The number of anilines is 1. The number of ether oxygens (including phenoxy) is 1. The summed E-state index contributed by atoms with van der Waals surface area (Å²) >= 11 is 6.40. The molecule has 0 unspecified atom stereocenters. The van der Waals surface area contributed by atoms with Crippen molar-refractivity contribution in [3.05, 3.63) is 52.4 Å². The number of carbonyl (C=O) groups is 1. The molecule has 136 valence electrons. The lowest BCUT2D eigenvalue weighted by Gasteiger charge is -2.11. The zero-order valence-electron chi connectivity index (χ0n) is 14.5. The Balaban J connectivity index is 1.95. The number of benzene rings is 1. The van der Waals surface area contributed by atoms with Gasteiger partial charge in [0.2, 0.25) is 0 Å². The first-order chi connectivity index (χ1) is 12.5. The molecule has 8 heteroatoms. The van der Waals surface area contributed by atoms with Gasteiger partial charge in [-0.05, 0) is 36.8 Å². The van der Waals surface area contributed by atoms with Crippen molar-refractivity contribution in [2.45, 2.75) is 13.5 Å². The van der Waals surface area contributed by atoms with Crippen LogP contribution in [0.5, 0.6) is 0 Å². The van der Waals surface area contributed by atoms with Gasteiger partial charge < -0.3 is 19.7 Å². The average Bonchev–Trinajstić information content (AvgIpc) is 2.95. The highest BCUT2D eigenvalue weighted by atomic mass is 35.5. The normalized spacial score (nSPS) is 10.9. The van der Waals surface area contributed by atoms with Crippen LogP contribution in [0, 0.1) is 6.92 Å². The molecule has 0 saturated carbocycles. The number of fused-ring (bicyclic) bond motifs is 1. The fourth-order valence-electron chi connectivity index (χ4n) is 2.68. The van der Waals surface area contributed by atoms with Crippen molar-refractivity contribution in [3.63, 3.8) is 0 Å². The number of carbonyl (C=O) groups excluding carboxylic acids is 1. The third-order valence-electron chi connectivity index (χ3n) is 4.00. The van der Waals surface area contributed by atoms with E-state index in [9.17, 15) is 4.79 Å². The van der Waals surface area contributed by atoms with Gasteiger partial charge in [-0.2, -0.15) is 0 Å². The summed E-state index contributed by atoms with van der Waals surface area (Å²) in [5.41, 5.74) is 3.27. The lowest BCUT2D eigenvalue weighted by Crippen LogP contribution is -2.08. The summed E-state index contributed by atoms with van der Waals surface area (Å²) < 4.78 is 6.64. The molecule has 3 rings (SSSR count). The van der Waals surface area contributed by atoms with E-state index in [0.29, 0.717) is 29.3 Å². The highest BCUT2D eigenvalue weighted by Crippen LogP contribution is 2.24. The molecule has 0 saturated heterocycles. The van der Waals surface area contributed by atoms with Gasteiger partial charge in [0.1, 0.15) is 11.3 Å². The first kappa shape index (κ1) is 18.2. The van der Waals surface area contributed by atoms with Crippen molar-refractivity contribution < 1.29 is 14.6 Å². The minimum absolute atomic E-state index is 0.0494. The molecule has 0 fully saturated rings. The molecule has 2 heterocycles. The van der Waals surface area contributed by atoms with Crippen LogP contribution in [0.2, 0.25) is 5.02 Å². The number of rotatable bonds is 6. The Morgan fingerprint density at radius 2 is 2.12 bits per heavy atom. The molecule has 2 N–H and O–H groups in total. The van der Waals surface area contributed by atoms with Crippen molar-refractivity contribution in [1.29, 1.82) is 0 Å². The number of pyridine rings is 1. The Bertz CT molecular complexity index is 955. The number of aliphatic hydroxyl groups excluding tert-OH is 1. The summed E-state index contributed by atoms with van der Waals surface area (Å²) in [7, 11) is 1.32. The van der Waals surface area contributed by atoms with Gasteiger partial charge in [-0.15, -0.1) is 0 Å². The number of aryl methyl sites for hydroxylation is 1. The zero-order valence-corrected chi connectivity index (χ0v) is 15.2. The lowest BCUT2D eigenvalue weighted by atomic mass is 10.2. The standard InChI is InChI=1S/C18H19ClN4O3/c1-11-21-15-5-6-16(18(25)26-2)22-17(15)23(11)10-12-3-4-13(9-14(12)19)20-7-8-24/h3-6,9,20,24H,7-8,10H2,1-2H3. The average molecular weight is 375 g/mol. The number of hydrogen-bond donors (Lipinski definition) is 2. The fraction of sp³-hybridized carbons (Fsp3) is 0.278. The molecular formula is C18H19ClN4O3. The van der Waals surface area contributed by atoms with Gasteiger partial charge in [0, 0.05) is 17.3 Å². The molecule has 7 nitrogen and oxygen atoms in total. The molecule has 0 aliphatic carbocycles. The van der Waals surface area contributed by atoms with Crippen molar-refractivity contribution in [3.8, 4) is 0 Å². The SMILES string of the molecule is COC(=O)c1ccc2nc(C)n(Cc3ccc(NCCO)cc3Cl)c2n1. The monoisotopic (exact) mass is 374 g/mol. The van der Waals surface area contributed by atoms with Crippen LogP contribution in [-0.4, -0.2) is 45.9 Å². The predicted octanol–water partition coefficient (Wildman–Crippen LogP) is 2.63. The van der Waals surface area contributed by atoms with Gasteiger partial charge in [-0.1, -0.05) is 17.7 Å². The predicted molar refractivity (Wildman–Crippen MR) is 99.7 cm³/mol. The minimum Gasteiger partial charge on any atom is -0.464 e. The van der Waals surface area contributed by atoms with Crippen molar-refractivity contribution >= 4 is 34.4 Å². The molecule has 0 amide bonds. The van der Waals surface area contributed by atoms with Gasteiger partial charge in [0.15, 0.2) is 11.3 Å². The van der Waals surface area contributed by atoms with E-state index in [1.165, 1.54) is 7.11 Å². The Hall–Kier alpha value is -2.64. The summed E-state index contributed by atoms with van der Waals surface area (Å²) in [5.74, 6) is 0.280. The van der Waals surface area contributed by atoms with E-state index in [2.05, 4.69) is 15.3 Å². The number of imidazole rings is 1. The second kappa shape index (κ2) is 7.72. The second-order valence-corrected chi connectivity index (χ2v) is 6.14. The van der Waals surface area contributed by atoms with Crippen molar-refractivity contribution in [1.82, 2.24) is 14.5 Å². The quantitative estimate of drug-likeness (QED) is 0.645. The van der Waals surface area contributed by atoms with E-state index in [-0.39, 0.29) is 12.3 Å². The van der Waals surface area contributed by atoms with E-state index in [4.69, 9.17) is 21.4 Å².